The molecule has 0 rings (SSSR count). The minimum atomic E-state index is -4.67. The van der Waals surface area contributed by atoms with E-state index in [1.165, 1.54) is 6.92 Å². The van der Waals surface area contributed by atoms with Crippen molar-refractivity contribution in [2.45, 2.75) is 57.9 Å². The summed E-state index contributed by atoms with van der Waals surface area (Å²) in [6.45, 7) is 5.86. The lowest BCUT2D eigenvalue weighted by molar-refractivity contribution is -0.189. The fourth-order valence-corrected chi connectivity index (χ4v) is 3.99. The summed E-state index contributed by atoms with van der Waals surface area (Å²) in [6.07, 6.45) is -4.79. The largest absolute Gasteiger partial charge is 0.407 e. The van der Waals surface area contributed by atoms with Gasteiger partial charge in [-0.1, -0.05) is 13.3 Å². The van der Waals surface area contributed by atoms with Gasteiger partial charge >= 0.3 is 13.8 Å². The van der Waals surface area contributed by atoms with E-state index in [-0.39, 0.29) is 26.1 Å². The summed E-state index contributed by atoms with van der Waals surface area (Å²) < 4.78 is 62.0. The molecule has 0 aliphatic carbocycles. The molecule has 0 amide bonds. The van der Waals surface area contributed by atoms with Crippen LogP contribution in [0.3, 0.4) is 0 Å². The molecule has 2 N–H and O–H groups in total. The zero-order valence-electron chi connectivity index (χ0n) is 11.8. The lowest BCUT2D eigenvalue weighted by Crippen LogP contribution is -2.60. The maximum absolute atomic E-state index is 13.2. The van der Waals surface area contributed by atoms with E-state index < -0.39 is 25.0 Å². The number of rotatable bonds is 8. The van der Waals surface area contributed by atoms with E-state index in [9.17, 15) is 17.7 Å². The summed E-state index contributed by atoms with van der Waals surface area (Å²) in [5.74, 6) is 0. The Bertz CT molecular complexity index is 315. The van der Waals surface area contributed by atoms with Crippen molar-refractivity contribution < 1.29 is 26.8 Å². The molecular weight excluding hydrogens is 282 g/mol. The van der Waals surface area contributed by atoms with Crippen LogP contribution >= 0.6 is 7.60 Å². The van der Waals surface area contributed by atoms with Crippen LogP contribution in [0.15, 0.2) is 0 Å². The van der Waals surface area contributed by atoms with Gasteiger partial charge in [-0.25, -0.2) is 0 Å². The molecule has 0 aromatic heterocycles. The number of nitrogens with two attached hydrogens (primary N) is 1. The lowest BCUT2D eigenvalue weighted by atomic mass is 9.91. The maximum atomic E-state index is 13.2. The van der Waals surface area contributed by atoms with Gasteiger partial charge in [0.15, 0.2) is 0 Å². The molecule has 0 aliphatic rings. The van der Waals surface area contributed by atoms with Gasteiger partial charge in [0.2, 0.25) is 0 Å². The molecule has 8 heteroatoms. The first-order valence-corrected chi connectivity index (χ1v) is 7.94. The topological polar surface area (TPSA) is 61.6 Å². The maximum Gasteiger partial charge on any atom is 0.407 e. The van der Waals surface area contributed by atoms with Gasteiger partial charge in [-0.15, -0.1) is 0 Å². The fraction of sp³-hybridized carbons (Fsp3) is 1.00. The highest BCUT2D eigenvalue weighted by molar-refractivity contribution is 7.54. The van der Waals surface area contributed by atoms with Crippen molar-refractivity contribution in [3.8, 4) is 0 Å². The highest BCUT2D eigenvalue weighted by Gasteiger charge is 2.60. The SMILES string of the molecule is CCCC(N)(C(C)P(=O)(OCC)OCC)C(F)(F)F. The molecule has 0 aromatic rings. The van der Waals surface area contributed by atoms with Crippen LogP contribution in [0.25, 0.3) is 0 Å². The molecule has 0 fully saturated rings. The van der Waals surface area contributed by atoms with Crippen molar-refractivity contribution in [1.29, 1.82) is 0 Å². The summed E-state index contributed by atoms with van der Waals surface area (Å²) in [5, 5.41) is 0. The third-order valence-corrected chi connectivity index (χ3v) is 5.67. The fourth-order valence-electron chi connectivity index (χ4n) is 1.90. The molecule has 0 bridgehead atoms. The van der Waals surface area contributed by atoms with Crippen LogP contribution in [0.1, 0.15) is 40.5 Å². The van der Waals surface area contributed by atoms with Crippen LogP contribution in [-0.2, 0) is 13.6 Å². The van der Waals surface area contributed by atoms with Crippen LogP contribution in [0.2, 0.25) is 0 Å². The van der Waals surface area contributed by atoms with Gasteiger partial charge in [0.1, 0.15) is 5.54 Å². The number of hydrogen-bond acceptors (Lipinski definition) is 4. The Morgan fingerprint density at radius 1 is 1.16 bits per heavy atom. The van der Waals surface area contributed by atoms with Crippen LogP contribution in [-0.4, -0.2) is 30.6 Å². The van der Waals surface area contributed by atoms with Crippen molar-refractivity contribution >= 4 is 7.60 Å². The second-order valence-corrected chi connectivity index (χ2v) is 6.71. The van der Waals surface area contributed by atoms with Gasteiger partial charge in [0.05, 0.1) is 18.9 Å². The second kappa shape index (κ2) is 7.07. The zero-order chi connectivity index (χ0) is 15.3. The normalized spacial score (nSPS) is 18.1. The molecule has 0 radical (unpaired) electrons. The minimum Gasteiger partial charge on any atom is -0.317 e. The Balaban J connectivity index is 5.49. The van der Waals surface area contributed by atoms with Crippen LogP contribution in [0.5, 0.6) is 0 Å². The van der Waals surface area contributed by atoms with E-state index in [0.717, 1.165) is 0 Å². The molecule has 0 spiro atoms. The van der Waals surface area contributed by atoms with Gasteiger partial charge in [0.25, 0.3) is 0 Å². The molecule has 0 saturated carbocycles. The summed E-state index contributed by atoms with van der Waals surface area (Å²) in [7, 11) is -3.90. The predicted octanol–water partition coefficient (Wildman–Crippen LogP) is 3.70. The molecule has 4 nitrogen and oxygen atoms in total. The van der Waals surface area contributed by atoms with E-state index >= 15 is 0 Å². The third-order valence-electron chi connectivity index (χ3n) is 3.03. The number of hydrogen-bond donors (Lipinski definition) is 1. The molecule has 0 aliphatic heterocycles. The van der Waals surface area contributed by atoms with Crippen LogP contribution < -0.4 is 5.73 Å². The van der Waals surface area contributed by atoms with Gasteiger partial charge in [0, 0.05) is 0 Å². The van der Waals surface area contributed by atoms with E-state index in [2.05, 4.69) is 0 Å². The third kappa shape index (κ3) is 4.18. The molecule has 0 heterocycles. The Morgan fingerprint density at radius 3 is 1.84 bits per heavy atom. The monoisotopic (exact) mass is 305 g/mol. The molecular formula is C11H23F3NO3P. The molecule has 0 aromatic carbocycles. The molecule has 19 heavy (non-hydrogen) atoms. The highest BCUT2D eigenvalue weighted by atomic mass is 31.2. The first kappa shape index (κ1) is 18.9. The number of alkyl halides is 3. The predicted molar refractivity (Wildman–Crippen MR) is 68.2 cm³/mol. The second-order valence-electron chi connectivity index (χ2n) is 4.34. The molecule has 2 unspecified atom stereocenters. The quantitative estimate of drug-likeness (QED) is 0.695. The van der Waals surface area contributed by atoms with E-state index in [1.54, 1.807) is 20.8 Å². The Hall–Kier alpha value is -0.100. The van der Waals surface area contributed by atoms with Gasteiger partial charge in [-0.3, -0.25) is 4.57 Å². The summed E-state index contributed by atoms with van der Waals surface area (Å²) >= 11 is 0. The standard InChI is InChI=1S/C11H23F3NO3P/c1-5-8-10(15,11(12,13)14)9(4)19(16,17-6-2)18-7-3/h9H,5-8,15H2,1-4H3. The van der Waals surface area contributed by atoms with Crippen molar-refractivity contribution in [2.24, 2.45) is 5.73 Å². The van der Waals surface area contributed by atoms with Gasteiger partial charge in [-0.05, 0) is 27.2 Å². The number of halogens is 3. The van der Waals surface area contributed by atoms with E-state index in [0.29, 0.717) is 0 Å². The smallest absolute Gasteiger partial charge is 0.317 e. The van der Waals surface area contributed by atoms with Gasteiger partial charge in [-0.2, -0.15) is 13.2 Å². The minimum absolute atomic E-state index is 0.00167. The van der Waals surface area contributed by atoms with Crippen molar-refractivity contribution in [2.75, 3.05) is 13.2 Å². The highest BCUT2D eigenvalue weighted by Crippen LogP contribution is 2.59. The first-order chi connectivity index (χ1) is 8.59. The van der Waals surface area contributed by atoms with Crippen molar-refractivity contribution in [3.63, 3.8) is 0 Å². The Morgan fingerprint density at radius 2 is 1.58 bits per heavy atom. The first-order valence-electron chi connectivity index (χ1n) is 6.33. The lowest BCUT2D eigenvalue weighted by Gasteiger charge is -2.39. The van der Waals surface area contributed by atoms with Crippen LogP contribution in [0, 0.1) is 0 Å². The average molecular weight is 305 g/mol. The average Bonchev–Trinajstić information content (AvgIpc) is 2.27. The van der Waals surface area contributed by atoms with Gasteiger partial charge < -0.3 is 14.8 Å². The summed E-state index contributed by atoms with van der Waals surface area (Å²) in [6, 6.07) is 0. The summed E-state index contributed by atoms with van der Waals surface area (Å²) in [4.78, 5) is 0. The Labute approximate surface area is 112 Å². The molecule has 116 valence electrons. The summed E-state index contributed by atoms with van der Waals surface area (Å²) in [5.41, 5.74) is 1.48. The van der Waals surface area contributed by atoms with Crippen LogP contribution in [0.4, 0.5) is 13.2 Å². The van der Waals surface area contributed by atoms with Crippen molar-refractivity contribution in [1.82, 2.24) is 0 Å². The Kier molecular flexibility index (Phi) is 7.03. The van der Waals surface area contributed by atoms with Crippen molar-refractivity contribution in [3.05, 3.63) is 0 Å². The molecule has 0 saturated heterocycles. The van der Waals surface area contributed by atoms with E-state index in [1.807, 2.05) is 0 Å². The molecule has 2 atom stereocenters. The van der Waals surface area contributed by atoms with E-state index in [4.69, 9.17) is 14.8 Å². The zero-order valence-corrected chi connectivity index (χ0v) is 12.7.